The van der Waals surface area contributed by atoms with Crippen LogP contribution in [0.4, 0.5) is 5.69 Å². The van der Waals surface area contributed by atoms with E-state index >= 15 is 0 Å². The Kier molecular flexibility index (Phi) is 7.70. The summed E-state index contributed by atoms with van der Waals surface area (Å²) in [6.45, 7) is 13.3. The van der Waals surface area contributed by atoms with Gasteiger partial charge in [0.1, 0.15) is 0 Å². The molecular formula is C25H35N3O3S. The molecule has 7 heteroatoms. The fourth-order valence-corrected chi connectivity index (χ4v) is 4.85. The summed E-state index contributed by atoms with van der Waals surface area (Å²) in [5.41, 5.74) is 2.99. The molecule has 3 rings (SSSR count). The second-order valence-corrected chi connectivity index (χ2v) is 11.2. The van der Waals surface area contributed by atoms with Gasteiger partial charge in [0.25, 0.3) is 0 Å². The van der Waals surface area contributed by atoms with Gasteiger partial charge in [-0.25, -0.2) is 9.79 Å². The first-order valence-electron chi connectivity index (χ1n) is 11.3. The van der Waals surface area contributed by atoms with Crippen LogP contribution < -0.4 is 5.32 Å². The number of esters is 1. The number of allylic oxidation sites excluding steroid dienone is 1. The third-order valence-electron chi connectivity index (χ3n) is 5.23. The predicted molar refractivity (Wildman–Crippen MR) is 132 cm³/mol. The molecule has 0 unspecified atom stereocenters. The van der Waals surface area contributed by atoms with Crippen LogP contribution in [-0.2, 0) is 14.3 Å². The standard InChI is InChI=1S/C25H35N3O3S/c1-16(2)15-31-23(30)21-17(3)26-24-28(12-7-13-32-24)22(21)18-8-10-19(11-9-18)27-20(29)14-25(4,5)6/h8-11,16,22H,7,12-15H2,1-6H3,(H,27,29)/t22-/m1/s1. The van der Waals surface area contributed by atoms with Gasteiger partial charge >= 0.3 is 5.97 Å². The van der Waals surface area contributed by atoms with Crippen molar-refractivity contribution in [2.24, 2.45) is 16.3 Å². The monoisotopic (exact) mass is 457 g/mol. The molecule has 2 aliphatic heterocycles. The highest BCUT2D eigenvalue weighted by molar-refractivity contribution is 8.13. The molecule has 174 valence electrons. The molecule has 0 spiro atoms. The average Bonchev–Trinajstić information content (AvgIpc) is 2.70. The zero-order valence-corrected chi connectivity index (χ0v) is 20.8. The number of hydrogen-bond acceptors (Lipinski definition) is 6. The fourth-order valence-electron chi connectivity index (χ4n) is 3.83. The van der Waals surface area contributed by atoms with Crippen molar-refractivity contribution < 1.29 is 14.3 Å². The fraction of sp³-hybridized carbons (Fsp3) is 0.560. The first-order chi connectivity index (χ1) is 15.0. The second-order valence-electron chi connectivity index (χ2n) is 10.1. The first-order valence-corrected chi connectivity index (χ1v) is 12.3. The number of nitrogens with one attached hydrogen (secondary N) is 1. The maximum Gasteiger partial charge on any atom is 0.338 e. The van der Waals surface area contributed by atoms with Gasteiger partial charge in [-0.2, -0.15) is 0 Å². The number of amides is 1. The molecule has 1 aromatic rings. The van der Waals surface area contributed by atoms with Gasteiger partial charge in [0.05, 0.1) is 23.9 Å². The van der Waals surface area contributed by atoms with E-state index < -0.39 is 0 Å². The highest BCUT2D eigenvalue weighted by atomic mass is 32.2. The molecule has 32 heavy (non-hydrogen) atoms. The Morgan fingerprint density at radius 3 is 2.56 bits per heavy atom. The molecule has 1 saturated heterocycles. The van der Waals surface area contributed by atoms with Gasteiger partial charge in [-0.05, 0) is 42.4 Å². The van der Waals surface area contributed by atoms with Gasteiger partial charge < -0.3 is 15.0 Å². The van der Waals surface area contributed by atoms with Crippen molar-refractivity contribution >= 4 is 34.5 Å². The van der Waals surface area contributed by atoms with Crippen LogP contribution >= 0.6 is 11.8 Å². The van der Waals surface area contributed by atoms with Crippen molar-refractivity contribution in [2.75, 3.05) is 24.2 Å². The number of aliphatic imine (C=N–C) groups is 1. The van der Waals surface area contributed by atoms with Crippen molar-refractivity contribution in [1.82, 2.24) is 4.90 Å². The average molecular weight is 458 g/mol. The van der Waals surface area contributed by atoms with E-state index in [4.69, 9.17) is 9.73 Å². The van der Waals surface area contributed by atoms with Gasteiger partial charge in [-0.1, -0.05) is 58.5 Å². The Morgan fingerprint density at radius 2 is 1.94 bits per heavy atom. The molecule has 6 nitrogen and oxygen atoms in total. The van der Waals surface area contributed by atoms with Crippen LogP contribution in [0.2, 0.25) is 0 Å². The van der Waals surface area contributed by atoms with Crippen LogP contribution in [0, 0.1) is 11.3 Å². The Bertz CT molecular complexity index is 913. The lowest BCUT2D eigenvalue weighted by molar-refractivity contribution is -0.141. The molecule has 0 saturated carbocycles. The number of amidine groups is 1. The molecule has 0 aromatic heterocycles. The molecule has 1 amide bonds. The van der Waals surface area contributed by atoms with E-state index in [0.29, 0.717) is 24.3 Å². The van der Waals surface area contributed by atoms with Crippen LogP contribution in [0.25, 0.3) is 0 Å². The van der Waals surface area contributed by atoms with Gasteiger partial charge in [0.15, 0.2) is 5.17 Å². The molecule has 2 heterocycles. The van der Waals surface area contributed by atoms with Crippen LogP contribution in [0.3, 0.4) is 0 Å². The van der Waals surface area contributed by atoms with Crippen LogP contribution in [-0.4, -0.2) is 40.8 Å². The quantitative estimate of drug-likeness (QED) is 0.581. The van der Waals surface area contributed by atoms with E-state index in [2.05, 4.69) is 10.2 Å². The number of fused-ring (bicyclic) bond motifs is 1. The Morgan fingerprint density at radius 1 is 1.25 bits per heavy atom. The topological polar surface area (TPSA) is 71.0 Å². The zero-order valence-electron chi connectivity index (χ0n) is 20.0. The van der Waals surface area contributed by atoms with Crippen molar-refractivity contribution in [3.63, 3.8) is 0 Å². The highest BCUT2D eigenvalue weighted by Gasteiger charge is 2.38. The summed E-state index contributed by atoms with van der Waals surface area (Å²) in [4.78, 5) is 32.3. The Hall–Kier alpha value is -2.28. The lowest BCUT2D eigenvalue weighted by atomic mass is 9.92. The van der Waals surface area contributed by atoms with Crippen LogP contribution in [0.5, 0.6) is 0 Å². The molecule has 0 aliphatic carbocycles. The van der Waals surface area contributed by atoms with Crippen molar-refractivity contribution in [3.8, 4) is 0 Å². The summed E-state index contributed by atoms with van der Waals surface area (Å²) in [7, 11) is 0. The molecule has 1 atom stereocenters. The molecule has 2 aliphatic rings. The van der Waals surface area contributed by atoms with Gasteiger partial charge in [-0.15, -0.1) is 0 Å². The molecule has 0 bridgehead atoms. The van der Waals surface area contributed by atoms with Crippen molar-refractivity contribution in [3.05, 3.63) is 41.1 Å². The van der Waals surface area contributed by atoms with Crippen molar-refractivity contribution in [1.29, 1.82) is 0 Å². The number of nitrogens with zero attached hydrogens (tertiary/aromatic N) is 2. The summed E-state index contributed by atoms with van der Waals surface area (Å²) in [5.74, 6) is 0.990. The normalized spacial score (nSPS) is 18.9. The Balaban J connectivity index is 1.87. The van der Waals surface area contributed by atoms with E-state index in [-0.39, 0.29) is 29.3 Å². The van der Waals surface area contributed by atoms with Gasteiger partial charge in [-0.3, -0.25) is 4.79 Å². The molecule has 1 aromatic carbocycles. The number of carbonyl (C=O) groups excluding carboxylic acids is 2. The van der Waals surface area contributed by atoms with E-state index in [1.165, 1.54) is 0 Å². The van der Waals surface area contributed by atoms with E-state index in [9.17, 15) is 9.59 Å². The first kappa shape index (κ1) is 24.4. The number of benzene rings is 1. The molecule has 1 fully saturated rings. The number of ether oxygens (including phenoxy) is 1. The van der Waals surface area contributed by atoms with E-state index in [1.807, 2.05) is 65.8 Å². The van der Waals surface area contributed by atoms with Gasteiger partial charge in [0, 0.05) is 24.4 Å². The minimum absolute atomic E-state index is 0.00143. The molecule has 0 radical (unpaired) electrons. The van der Waals surface area contributed by atoms with Gasteiger partial charge in [0.2, 0.25) is 5.91 Å². The lowest BCUT2D eigenvalue weighted by Gasteiger charge is -2.40. The number of anilines is 1. The maximum absolute atomic E-state index is 13.1. The Labute approximate surface area is 195 Å². The SMILES string of the molecule is CC1=C(C(=O)OCC(C)C)[C@@H](c2ccc(NC(=O)CC(C)(C)C)cc2)N2CCCSC2=N1. The largest absolute Gasteiger partial charge is 0.462 e. The van der Waals surface area contributed by atoms with E-state index in [0.717, 1.165) is 35.1 Å². The van der Waals surface area contributed by atoms with E-state index in [1.54, 1.807) is 11.8 Å². The minimum atomic E-state index is -0.304. The summed E-state index contributed by atoms with van der Waals surface area (Å²) < 4.78 is 5.61. The lowest BCUT2D eigenvalue weighted by Crippen LogP contribution is -2.42. The number of rotatable bonds is 6. The summed E-state index contributed by atoms with van der Waals surface area (Å²) in [6, 6.07) is 7.55. The second kappa shape index (κ2) is 10.1. The number of hydrogen-bond donors (Lipinski definition) is 1. The van der Waals surface area contributed by atoms with Crippen molar-refractivity contribution in [2.45, 2.75) is 60.4 Å². The molecular weight excluding hydrogens is 422 g/mol. The number of carbonyl (C=O) groups is 2. The third-order valence-corrected chi connectivity index (χ3v) is 6.30. The molecule has 1 N–H and O–H groups in total. The summed E-state index contributed by atoms with van der Waals surface area (Å²) in [5, 5.41) is 3.94. The third kappa shape index (κ3) is 6.15. The van der Waals surface area contributed by atoms with Crippen LogP contribution in [0.15, 0.2) is 40.5 Å². The summed E-state index contributed by atoms with van der Waals surface area (Å²) >= 11 is 1.73. The summed E-state index contributed by atoms with van der Waals surface area (Å²) in [6.07, 6.45) is 1.49. The highest BCUT2D eigenvalue weighted by Crippen LogP contribution is 2.40. The minimum Gasteiger partial charge on any atom is -0.462 e. The predicted octanol–water partition coefficient (Wildman–Crippen LogP) is 5.38. The maximum atomic E-state index is 13.1. The number of thioether (sulfide) groups is 1. The smallest absolute Gasteiger partial charge is 0.338 e. The zero-order chi connectivity index (χ0) is 23.5. The van der Waals surface area contributed by atoms with Crippen LogP contribution in [0.1, 0.15) is 66.0 Å².